The molecular weight excluding hydrogens is 484 g/mol. The highest BCUT2D eigenvalue weighted by atomic mass is 16.5. The molecule has 10 nitrogen and oxygen atoms in total. The summed E-state index contributed by atoms with van der Waals surface area (Å²) in [5.74, 6) is 1.45. The fourth-order valence-electron chi connectivity index (χ4n) is 5.34. The van der Waals surface area contributed by atoms with Gasteiger partial charge in [0.25, 0.3) is 0 Å². The fraction of sp³-hybridized carbons (Fsp3) is 0.607. The number of hydrogen-bond acceptors (Lipinski definition) is 6. The Labute approximate surface area is 225 Å². The molecule has 0 saturated heterocycles. The maximum absolute atomic E-state index is 13.4. The Morgan fingerprint density at radius 1 is 1.32 bits per heavy atom. The molecule has 2 aliphatic rings. The maximum atomic E-state index is 13.4. The topological polar surface area (TPSA) is 123 Å². The third kappa shape index (κ3) is 7.48. The first-order valence-electron chi connectivity index (χ1n) is 13.8. The van der Waals surface area contributed by atoms with Gasteiger partial charge in [-0.15, -0.1) is 0 Å². The van der Waals surface area contributed by atoms with Crippen molar-refractivity contribution in [3.8, 4) is 5.75 Å². The average Bonchev–Trinajstić information content (AvgIpc) is 3.41. The van der Waals surface area contributed by atoms with E-state index in [1.54, 1.807) is 17.3 Å². The van der Waals surface area contributed by atoms with Gasteiger partial charge in [-0.25, -0.2) is 9.78 Å². The minimum atomic E-state index is -0.310. The number of imidazole rings is 1. The van der Waals surface area contributed by atoms with E-state index in [9.17, 15) is 14.7 Å². The number of amides is 3. The summed E-state index contributed by atoms with van der Waals surface area (Å²) in [7, 11) is 2.02. The molecular formula is C28H42N6O4. The molecule has 208 valence electrons. The zero-order chi connectivity index (χ0) is 27.1. The first kappa shape index (κ1) is 27.9. The molecule has 1 aliphatic heterocycles. The minimum Gasteiger partial charge on any atom is -0.488 e. The van der Waals surface area contributed by atoms with Gasteiger partial charge in [0.15, 0.2) is 0 Å². The van der Waals surface area contributed by atoms with E-state index in [1.165, 1.54) is 6.42 Å². The van der Waals surface area contributed by atoms with Crippen molar-refractivity contribution in [2.75, 3.05) is 32.1 Å². The zero-order valence-corrected chi connectivity index (χ0v) is 22.8. The van der Waals surface area contributed by atoms with Gasteiger partial charge in [-0.2, -0.15) is 0 Å². The number of likely N-dealkylation sites (N-methyl/N-ethyl adjacent to an activating group) is 1. The molecule has 1 aromatic heterocycles. The third-order valence-corrected chi connectivity index (χ3v) is 7.58. The zero-order valence-electron chi connectivity index (χ0n) is 22.8. The Balaban J connectivity index is 1.53. The van der Waals surface area contributed by atoms with Crippen LogP contribution in [-0.2, 0) is 17.8 Å². The predicted octanol–water partition coefficient (Wildman–Crippen LogP) is 3.14. The molecule has 1 aromatic carbocycles. The van der Waals surface area contributed by atoms with Crippen molar-refractivity contribution in [2.45, 2.75) is 77.1 Å². The van der Waals surface area contributed by atoms with Crippen LogP contribution in [0.1, 0.15) is 57.3 Å². The number of benzene rings is 1. The molecule has 1 unspecified atom stereocenters. The van der Waals surface area contributed by atoms with Crippen molar-refractivity contribution < 1.29 is 19.4 Å². The molecule has 4 N–H and O–H groups in total. The molecule has 0 radical (unpaired) electrons. The van der Waals surface area contributed by atoms with Gasteiger partial charge in [0, 0.05) is 48.7 Å². The summed E-state index contributed by atoms with van der Waals surface area (Å²) in [6, 6.07) is 5.16. The van der Waals surface area contributed by atoms with Gasteiger partial charge >= 0.3 is 6.03 Å². The molecule has 3 amide bonds. The van der Waals surface area contributed by atoms with Crippen LogP contribution in [0.15, 0.2) is 30.6 Å². The van der Waals surface area contributed by atoms with Crippen molar-refractivity contribution >= 4 is 17.6 Å². The van der Waals surface area contributed by atoms with Crippen molar-refractivity contribution in [1.82, 2.24) is 25.1 Å². The number of ether oxygens (including phenoxy) is 1. The predicted molar refractivity (Wildman–Crippen MR) is 146 cm³/mol. The molecule has 4 rings (SSSR count). The summed E-state index contributed by atoms with van der Waals surface area (Å²) in [6.07, 6.45) is 8.98. The van der Waals surface area contributed by atoms with Crippen molar-refractivity contribution in [1.29, 1.82) is 0 Å². The Morgan fingerprint density at radius 2 is 2.11 bits per heavy atom. The van der Waals surface area contributed by atoms with Crippen LogP contribution in [0.5, 0.6) is 5.75 Å². The summed E-state index contributed by atoms with van der Waals surface area (Å²) in [5, 5.41) is 15.9. The van der Waals surface area contributed by atoms with Crippen LogP contribution in [-0.4, -0.2) is 81.7 Å². The lowest BCUT2D eigenvalue weighted by molar-refractivity contribution is -0.134. The lowest BCUT2D eigenvalue weighted by atomic mass is 9.96. The first-order chi connectivity index (χ1) is 18.3. The molecule has 10 heteroatoms. The normalized spacial score (nSPS) is 21.6. The van der Waals surface area contributed by atoms with E-state index in [2.05, 4.69) is 32.4 Å². The second-order valence-corrected chi connectivity index (χ2v) is 10.9. The van der Waals surface area contributed by atoms with Gasteiger partial charge in [-0.1, -0.05) is 26.2 Å². The monoisotopic (exact) mass is 526 g/mol. The summed E-state index contributed by atoms with van der Waals surface area (Å²) in [5.41, 5.74) is 1.34. The number of aliphatic hydroxyl groups is 1. The van der Waals surface area contributed by atoms with E-state index < -0.39 is 0 Å². The van der Waals surface area contributed by atoms with Crippen LogP contribution in [0, 0.1) is 5.92 Å². The molecule has 2 aromatic rings. The van der Waals surface area contributed by atoms with Crippen LogP contribution in [0.25, 0.3) is 0 Å². The fourth-order valence-corrected chi connectivity index (χ4v) is 5.34. The second kappa shape index (κ2) is 13.1. The highest BCUT2D eigenvalue weighted by molar-refractivity contribution is 5.90. The number of fused-ring (bicyclic) bond motifs is 1. The van der Waals surface area contributed by atoms with Gasteiger partial charge in [0.05, 0.1) is 25.6 Å². The summed E-state index contributed by atoms with van der Waals surface area (Å²) in [4.78, 5) is 37.4. The number of urea groups is 1. The van der Waals surface area contributed by atoms with E-state index in [0.29, 0.717) is 36.6 Å². The Morgan fingerprint density at radius 3 is 2.82 bits per heavy atom. The number of anilines is 1. The van der Waals surface area contributed by atoms with Crippen LogP contribution in [0.4, 0.5) is 10.5 Å². The Hall–Kier alpha value is -3.11. The molecule has 0 spiro atoms. The van der Waals surface area contributed by atoms with Crippen molar-refractivity contribution in [3.63, 3.8) is 0 Å². The van der Waals surface area contributed by atoms with E-state index in [-0.39, 0.29) is 49.1 Å². The number of aromatic amines is 1. The number of aliphatic hydroxyl groups excluding tert-OH is 1. The third-order valence-electron chi connectivity index (χ3n) is 7.58. The molecule has 3 atom stereocenters. The van der Waals surface area contributed by atoms with Gasteiger partial charge in [-0.05, 0) is 45.0 Å². The van der Waals surface area contributed by atoms with Gasteiger partial charge in [0.2, 0.25) is 5.91 Å². The van der Waals surface area contributed by atoms with E-state index in [1.807, 2.05) is 32.2 Å². The number of carbonyl (C=O) groups excluding carboxylic acids is 2. The van der Waals surface area contributed by atoms with Crippen LogP contribution >= 0.6 is 0 Å². The summed E-state index contributed by atoms with van der Waals surface area (Å²) < 4.78 is 6.57. The average molecular weight is 527 g/mol. The summed E-state index contributed by atoms with van der Waals surface area (Å²) in [6.45, 7) is 5.56. The largest absolute Gasteiger partial charge is 0.488 e. The van der Waals surface area contributed by atoms with Crippen LogP contribution in [0.3, 0.4) is 0 Å². The number of carbonyl (C=O) groups is 2. The van der Waals surface area contributed by atoms with Gasteiger partial charge in [0.1, 0.15) is 17.7 Å². The number of H-pyrrole nitrogens is 1. The lowest BCUT2D eigenvalue weighted by Gasteiger charge is -2.34. The van der Waals surface area contributed by atoms with E-state index in [4.69, 9.17) is 4.74 Å². The lowest BCUT2D eigenvalue weighted by Crippen LogP contribution is -2.47. The van der Waals surface area contributed by atoms with E-state index in [0.717, 1.165) is 31.5 Å². The highest BCUT2D eigenvalue weighted by Crippen LogP contribution is 2.29. The summed E-state index contributed by atoms with van der Waals surface area (Å²) >= 11 is 0. The van der Waals surface area contributed by atoms with Gasteiger partial charge < -0.3 is 30.4 Å². The molecule has 1 fully saturated rings. The Bertz CT molecular complexity index is 1060. The number of aromatic nitrogens is 2. The number of nitrogens with one attached hydrogen (secondary N) is 3. The second-order valence-electron chi connectivity index (χ2n) is 10.9. The van der Waals surface area contributed by atoms with Crippen molar-refractivity contribution in [3.05, 3.63) is 42.0 Å². The smallest absolute Gasteiger partial charge is 0.319 e. The van der Waals surface area contributed by atoms with Crippen molar-refractivity contribution in [2.24, 2.45) is 5.92 Å². The van der Waals surface area contributed by atoms with Gasteiger partial charge in [-0.3, -0.25) is 9.69 Å². The molecule has 2 heterocycles. The quantitative estimate of drug-likeness (QED) is 0.419. The molecule has 1 aliphatic carbocycles. The molecule has 38 heavy (non-hydrogen) atoms. The minimum absolute atomic E-state index is 0.0111. The standard InChI is InChI=1S/C28H42N6O4/c1-19-15-34(20(2)18-35)27(36)14-21-13-23(32-28(37)31-22-7-5-4-6-8-22)9-10-24(21)38-25(19)16-33(3)17-26-29-11-12-30-26/h9-13,19-20,22,25,35H,4-8,14-18H2,1-3H3,(H,29,30)(H2,31,32,37)/t19?,20-,25-/m0/s1. The van der Waals surface area contributed by atoms with Crippen LogP contribution in [0.2, 0.25) is 0 Å². The van der Waals surface area contributed by atoms with Crippen LogP contribution < -0.4 is 15.4 Å². The highest BCUT2D eigenvalue weighted by Gasteiger charge is 2.31. The maximum Gasteiger partial charge on any atom is 0.319 e. The number of hydrogen-bond donors (Lipinski definition) is 4. The molecule has 1 saturated carbocycles. The number of rotatable bonds is 8. The first-order valence-corrected chi connectivity index (χ1v) is 13.8. The Kier molecular flexibility index (Phi) is 9.63. The number of nitrogens with zero attached hydrogens (tertiary/aromatic N) is 3. The SMILES string of the molecule is CC1CN([C@@H](C)CO)C(=O)Cc2cc(NC(=O)NC3CCCCC3)ccc2O[C@H]1CN(C)Cc1ncc[nH]1. The van der Waals surface area contributed by atoms with E-state index >= 15 is 0 Å². The molecule has 0 bridgehead atoms.